The van der Waals surface area contributed by atoms with Crippen LogP contribution in [0.5, 0.6) is 0 Å². The Kier molecular flexibility index (Phi) is 2.57. The van der Waals surface area contributed by atoms with Gasteiger partial charge >= 0.3 is 0 Å². The number of rotatable bonds is 1. The van der Waals surface area contributed by atoms with Crippen molar-refractivity contribution in [1.29, 1.82) is 0 Å². The van der Waals surface area contributed by atoms with E-state index in [2.05, 4.69) is 29.2 Å². The van der Waals surface area contributed by atoms with Crippen molar-refractivity contribution in [2.45, 2.75) is 18.8 Å². The molecule has 94 valence electrons. The Morgan fingerprint density at radius 1 is 1.16 bits per heavy atom. The number of nitrogens with zero attached hydrogens (tertiary/aromatic N) is 2. The number of aromatic nitrogens is 2. The molecule has 4 rings (SSSR count). The summed E-state index contributed by atoms with van der Waals surface area (Å²) in [6.45, 7) is 0. The molecule has 1 aromatic carbocycles. The summed E-state index contributed by atoms with van der Waals surface area (Å²) >= 11 is 7.88. The van der Waals surface area contributed by atoms with Crippen molar-refractivity contribution in [3.63, 3.8) is 0 Å². The molecule has 0 amide bonds. The minimum atomic E-state index is 0.292. The Morgan fingerprint density at radius 2 is 2.05 bits per heavy atom. The molecule has 2 aromatic heterocycles. The zero-order chi connectivity index (χ0) is 12.8. The first-order valence-corrected chi connectivity index (χ1v) is 7.57. The van der Waals surface area contributed by atoms with Crippen molar-refractivity contribution in [2.24, 2.45) is 0 Å². The van der Waals surface area contributed by atoms with Gasteiger partial charge in [0.25, 0.3) is 0 Å². The second-order valence-electron chi connectivity index (χ2n) is 4.80. The van der Waals surface area contributed by atoms with E-state index in [1.807, 2.05) is 11.4 Å². The van der Waals surface area contributed by atoms with Gasteiger partial charge in [-0.1, -0.05) is 35.9 Å². The van der Waals surface area contributed by atoms with Gasteiger partial charge in [0.1, 0.15) is 15.8 Å². The molecule has 0 aliphatic heterocycles. The van der Waals surface area contributed by atoms with Crippen LogP contribution in [0, 0.1) is 0 Å². The Hall–Kier alpha value is -1.45. The summed E-state index contributed by atoms with van der Waals surface area (Å²) in [5, 5.41) is 3.55. The van der Waals surface area contributed by atoms with E-state index < -0.39 is 0 Å². The Bertz CT molecular complexity index is 766. The lowest BCUT2D eigenvalue weighted by Gasteiger charge is -2.10. The Morgan fingerprint density at radius 3 is 3.00 bits per heavy atom. The van der Waals surface area contributed by atoms with E-state index in [9.17, 15) is 0 Å². The van der Waals surface area contributed by atoms with Crippen LogP contribution in [0.2, 0.25) is 5.15 Å². The van der Waals surface area contributed by atoms with Crippen LogP contribution in [-0.2, 0) is 6.42 Å². The highest BCUT2D eigenvalue weighted by molar-refractivity contribution is 7.16. The average molecular weight is 287 g/mol. The molecule has 0 bridgehead atoms. The fourth-order valence-electron chi connectivity index (χ4n) is 2.82. The number of fused-ring (bicyclic) bond motifs is 2. The van der Waals surface area contributed by atoms with Crippen LogP contribution in [0.1, 0.15) is 29.3 Å². The maximum Gasteiger partial charge on any atom is 0.141 e. The molecule has 0 saturated heterocycles. The van der Waals surface area contributed by atoms with Gasteiger partial charge in [-0.3, -0.25) is 0 Å². The van der Waals surface area contributed by atoms with Gasteiger partial charge in [0.2, 0.25) is 0 Å². The van der Waals surface area contributed by atoms with E-state index >= 15 is 0 Å². The number of thiophene rings is 1. The molecule has 0 fully saturated rings. The summed E-state index contributed by atoms with van der Waals surface area (Å²) in [5.41, 5.74) is 2.77. The molecule has 1 aliphatic carbocycles. The van der Waals surface area contributed by atoms with Crippen LogP contribution in [0.3, 0.4) is 0 Å². The van der Waals surface area contributed by atoms with Crippen molar-refractivity contribution in [1.82, 2.24) is 9.97 Å². The highest BCUT2D eigenvalue weighted by Crippen LogP contribution is 2.38. The van der Waals surface area contributed by atoms with E-state index in [0.717, 1.165) is 28.9 Å². The van der Waals surface area contributed by atoms with Crippen LogP contribution in [0.25, 0.3) is 10.2 Å². The maximum atomic E-state index is 6.26. The molecule has 0 saturated carbocycles. The van der Waals surface area contributed by atoms with Gasteiger partial charge in [0, 0.05) is 11.3 Å². The summed E-state index contributed by atoms with van der Waals surface area (Å²) in [7, 11) is 0. The maximum absolute atomic E-state index is 6.26. The van der Waals surface area contributed by atoms with Gasteiger partial charge in [-0.25, -0.2) is 9.97 Å². The molecule has 19 heavy (non-hydrogen) atoms. The van der Waals surface area contributed by atoms with E-state index in [-0.39, 0.29) is 0 Å². The third-order valence-electron chi connectivity index (χ3n) is 3.74. The van der Waals surface area contributed by atoms with E-state index in [4.69, 9.17) is 16.6 Å². The molecule has 2 nitrogen and oxygen atoms in total. The minimum absolute atomic E-state index is 0.292. The average Bonchev–Trinajstić information content (AvgIpc) is 3.04. The number of halogens is 1. The molecule has 1 atom stereocenters. The molecule has 1 aliphatic rings. The summed E-state index contributed by atoms with van der Waals surface area (Å²) in [5.74, 6) is 1.16. The van der Waals surface area contributed by atoms with Gasteiger partial charge < -0.3 is 0 Å². The first-order valence-electron chi connectivity index (χ1n) is 6.31. The predicted molar refractivity (Wildman–Crippen MR) is 79.0 cm³/mol. The molecule has 1 unspecified atom stereocenters. The molecule has 3 aromatic rings. The summed E-state index contributed by atoms with van der Waals surface area (Å²) < 4.78 is 0. The number of aryl methyl sites for hydroxylation is 1. The van der Waals surface area contributed by atoms with Crippen LogP contribution in [0.4, 0.5) is 0 Å². The second-order valence-corrected chi connectivity index (χ2v) is 6.05. The van der Waals surface area contributed by atoms with Crippen LogP contribution < -0.4 is 0 Å². The van der Waals surface area contributed by atoms with Crippen molar-refractivity contribution in [2.75, 3.05) is 0 Å². The van der Waals surface area contributed by atoms with Crippen LogP contribution in [-0.4, -0.2) is 9.97 Å². The van der Waals surface area contributed by atoms with Crippen molar-refractivity contribution < 1.29 is 0 Å². The van der Waals surface area contributed by atoms with Crippen molar-refractivity contribution >= 4 is 33.2 Å². The largest absolute Gasteiger partial charge is 0.221 e. The van der Waals surface area contributed by atoms with E-state index in [1.165, 1.54) is 11.1 Å². The lowest BCUT2D eigenvalue weighted by Crippen LogP contribution is -2.03. The van der Waals surface area contributed by atoms with Gasteiger partial charge in [-0.05, 0) is 35.4 Å². The molecule has 0 spiro atoms. The first-order chi connectivity index (χ1) is 9.33. The lowest BCUT2D eigenvalue weighted by molar-refractivity contribution is 0.735. The van der Waals surface area contributed by atoms with Gasteiger partial charge in [-0.15, -0.1) is 11.3 Å². The smallest absolute Gasteiger partial charge is 0.141 e. The SMILES string of the molecule is Clc1nc(C2CCc3ccccc32)nc2sccc12. The third kappa shape index (κ3) is 1.77. The zero-order valence-corrected chi connectivity index (χ0v) is 11.7. The first kappa shape index (κ1) is 11.4. The standard InChI is InChI=1S/C15H11ClN2S/c16-13-12-7-8-19-15(12)18-14(17-13)11-6-5-9-3-1-2-4-10(9)11/h1-4,7-8,11H,5-6H2. The zero-order valence-electron chi connectivity index (χ0n) is 10.1. The van der Waals surface area contributed by atoms with Crippen molar-refractivity contribution in [3.05, 3.63) is 57.8 Å². The van der Waals surface area contributed by atoms with Crippen LogP contribution >= 0.6 is 22.9 Å². The highest BCUT2D eigenvalue weighted by Gasteiger charge is 2.26. The summed E-state index contributed by atoms with van der Waals surface area (Å²) in [6, 6.07) is 10.5. The molecule has 4 heteroatoms. The van der Waals surface area contributed by atoms with Gasteiger partial charge in [-0.2, -0.15) is 0 Å². The molecule has 2 heterocycles. The summed E-state index contributed by atoms with van der Waals surface area (Å²) in [4.78, 5) is 10.2. The quantitative estimate of drug-likeness (QED) is 0.619. The van der Waals surface area contributed by atoms with Gasteiger partial charge in [0.15, 0.2) is 0 Å². The molecular formula is C15H11ClN2S. The highest BCUT2D eigenvalue weighted by atomic mass is 35.5. The predicted octanol–water partition coefficient (Wildman–Crippen LogP) is 4.42. The number of hydrogen-bond donors (Lipinski definition) is 0. The van der Waals surface area contributed by atoms with E-state index in [1.54, 1.807) is 11.3 Å². The lowest BCUT2D eigenvalue weighted by atomic mass is 10.0. The number of hydrogen-bond acceptors (Lipinski definition) is 3. The topological polar surface area (TPSA) is 25.8 Å². The Balaban J connectivity index is 1.87. The molecule has 0 N–H and O–H groups in total. The minimum Gasteiger partial charge on any atom is -0.221 e. The van der Waals surface area contributed by atoms with Gasteiger partial charge in [0.05, 0.1) is 0 Å². The van der Waals surface area contributed by atoms with Crippen molar-refractivity contribution in [3.8, 4) is 0 Å². The Labute approximate surface area is 120 Å². The van der Waals surface area contributed by atoms with E-state index in [0.29, 0.717) is 11.1 Å². The molecular weight excluding hydrogens is 276 g/mol. The monoisotopic (exact) mass is 286 g/mol. The summed E-state index contributed by atoms with van der Waals surface area (Å²) in [6.07, 6.45) is 2.18. The normalized spacial score (nSPS) is 17.8. The fraction of sp³-hybridized carbons (Fsp3) is 0.200. The third-order valence-corrected chi connectivity index (χ3v) is 4.84. The fourth-order valence-corrected chi connectivity index (χ4v) is 3.88. The second kappa shape index (κ2) is 4.29. The van der Waals surface area contributed by atoms with Crippen LogP contribution in [0.15, 0.2) is 35.7 Å². The molecule has 0 radical (unpaired) electrons. The number of benzene rings is 1.